The van der Waals surface area contributed by atoms with Crippen LogP contribution >= 0.6 is 35.7 Å². The van der Waals surface area contributed by atoms with Crippen LogP contribution in [0.5, 0.6) is 0 Å². The van der Waals surface area contributed by atoms with Crippen molar-refractivity contribution in [1.29, 1.82) is 0 Å². The lowest BCUT2D eigenvalue weighted by molar-refractivity contribution is -0.174. The third-order valence-electron chi connectivity index (χ3n) is 3.49. The van der Waals surface area contributed by atoms with Crippen LogP contribution in [0.3, 0.4) is 0 Å². The molecule has 172 valence electrons. The summed E-state index contributed by atoms with van der Waals surface area (Å²) in [4.78, 5) is 49.1. The first-order chi connectivity index (χ1) is 13.5. The lowest BCUT2D eigenvalue weighted by atomic mass is 10.2. The molecule has 0 saturated carbocycles. The smallest absolute Gasteiger partial charge is 0.391 e. The first-order valence-corrected chi connectivity index (χ1v) is 12.6. The van der Waals surface area contributed by atoms with E-state index in [1.165, 1.54) is 0 Å². The van der Waals surface area contributed by atoms with Crippen LogP contribution in [0.25, 0.3) is 0 Å². The average molecular weight is 516 g/mol. The van der Waals surface area contributed by atoms with Crippen molar-refractivity contribution in [3.8, 4) is 0 Å². The molecule has 1 aromatic heterocycles. The Morgan fingerprint density at radius 2 is 1.90 bits per heavy atom. The van der Waals surface area contributed by atoms with Gasteiger partial charge in [-0.1, -0.05) is 0 Å². The molecule has 1 aliphatic heterocycles. The number of nitrogens with zero attached hydrogens (tertiary/aromatic N) is 1. The normalized spacial score (nSPS) is 26.3. The van der Waals surface area contributed by atoms with Gasteiger partial charge < -0.3 is 29.4 Å². The largest absolute Gasteiger partial charge is 0.490 e. The molecule has 15 nitrogen and oxygen atoms in total. The number of aromatic nitrogens is 2. The Balaban J connectivity index is 2.06. The predicted octanol–water partition coefficient (Wildman–Crippen LogP) is 0.716. The number of nitrogens with one attached hydrogen (secondary N) is 1. The summed E-state index contributed by atoms with van der Waals surface area (Å²) < 4.78 is 65.6. The first-order valence-electron chi connectivity index (χ1n) is 7.65. The SMILES string of the molecule is O=c1[nH]c(=S)n([C@H]2CC[C@@](F)(COP(=O)(O)OP(=O)(O)OP(=O)(O)O)O2)cc1CO. The zero-order valence-electron chi connectivity index (χ0n) is 14.6. The van der Waals surface area contributed by atoms with Gasteiger partial charge in [0.25, 0.3) is 5.56 Å². The van der Waals surface area contributed by atoms with Crippen LogP contribution < -0.4 is 5.56 Å². The van der Waals surface area contributed by atoms with Crippen LogP contribution in [0.2, 0.25) is 0 Å². The summed E-state index contributed by atoms with van der Waals surface area (Å²) in [7, 11) is -16.8. The fourth-order valence-electron chi connectivity index (χ4n) is 2.34. The maximum atomic E-state index is 14.8. The van der Waals surface area contributed by atoms with E-state index in [4.69, 9.17) is 36.7 Å². The number of aromatic amines is 1. The highest BCUT2D eigenvalue weighted by Crippen LogP contribution is 2.66. The van der Waals surface area contributed by atoms with Gasteiger partial charge in [0.05, 0.1) is 12.2 Å². The molecule has 1 aliphatic rings. The van der Waals surface area contributed by atoms with Crippen LogP contribution in [0.15, 0.2) is 11.0 Å². The number of phosphoric acid groups is 3. The quantitative estimate of drug-likeness (QED) is 0.196. The second kappa shape index (κ2) is 9.08. The second-order valence-corrected chi connectivity index (χ2v) is 10.6. The molecule has 4 atom stereocenters. The number of halogens is 1. The number of hydrogen-bond acceptors (Lipinski definition) is 10. The molecule has 0 aliphatic carbocycles. The molecule has 1 fully saturated rings. The molecule has 0 amide bonds. The van der Waals surface area contributed by atoms with Crippen LogP contribution in [0.4, 0.5) is 4.39 Å². The Kier molecular flexibility index (Phi) is 7.75. The Bertz CT molecular complexity index is 1050. The van der Waals surface area contributed by atoms with Gasteiger partial charge in [-0.25, -0.2) is 18.1 Å². The van der Waals surface area contributed by atoms with Crippen LogP contribution in [-0.2, 0) is 38.2 Å². The van der Waals surface area contributed by atoms with E-state index in [-0.39, 0.29) is 16.8 Å². The minimum absolute atomic E-state index is 0.0541. The van der Waals surface area contributed by atoms with Gasteiger partial charge in [0.1, 0.15) is 12.8 Å². The van der Waals surface area contributed by atoms with E-state index in [1.807, 2.05) is 0 Å². The van der Waals surface area contributed by atoms with E-state index in [0.29, 0.717) is 0 Å². The number of hydrogen-bond donors (Lipinski definition) is 6. The maximum absolute atomic E-state index is 14.8. The first kappa shape index (κ1) is 25.6. The van der Waals surface area contributed by atoms with Crippen molar-refractivity contribution in [2.24, 2.45) is 0 Å². The van der Waals surface area contributed by atoms with Gasteiger partial charge in [-0.05, 0) is 18.6 Å². The highest BCUT2D eigenvalue weighted by Gasteiger charge is 2.46. The lowest BCUT2D eigenvalue weighted by Gasteiger charge is -2.23. The van der Waals surface area contributed by atoms with Crippen molar-refractivity contribution in [1.82, 2.24) is 9.55 Å². The molecule has 30 heavy (non-hydrogen) atoms. The number of alkyl halides is 1. The molecule has 6 N–H and O–H groups in total. The van der Waals surface area contributed by atoms with Crippen molar-refractivity contribution in [3.63, 3.8) is 0 Å². The Morgan fingerprint density at radius 3 is 2.47 bits per heavy atom. The van der Waals surface area contributed by atoms with Crippen molar-refractivity contribution in [3.05, 3.63) is 26.9 Å². The van der Waals surface area contributed by atoms with E-state index in [9.17, 15) is 27.8 Å². The second-order valence-electron chi connectivity index (χ2n) is 5.84. The summed E-state index contributed by atoms with van der Waals surface area (Å²) in [5.41, 5.74) is -0.743. The molecular formula is C10H16FN2O13P3S. The molecule has 1 saturated heterocycles. The summed E-state index contributed by atoms with van der Waals surface area (Å²) >= 11 is 4.94. The molecule has 2 rings (SSSR count). The Labute approximate surface area is 171 Å². The highest BCUT2D eigenvalue weighted by molar-refractivity contribution is 7.71. The Morgan fingerprint density at radius 1 is 1.27 bits per heavy atom. The van der Waals surface area contributed by atoms with Gasteiger partial charge in [-0.15, -0.1) is 0 Å². The number of ether oxygens (including phenoxy) is 1. The third-order valence-corrected chi connectivity index (χ3v) is 7.59. The van der Waals surface area contributed by atoms with E-state index in [2.05, 4.69) is 18.1 Å². The molecular weight excluding hydrogens is 500 g/mol. The van der Waals surface area contributed by atoms with Gasteiger partial charge >= 0.3 is 23.5 Å². The van der Waals surface area contributed by atoms with E-state index in [1.54, 1.807) is 0 Å². The predicted molar refractivity (Wildman–Crippen MR) is 94.8 cm³/mol. The topological polar surface area (TPSA) is 227 Å². The Hall–Kier alpha value is -0.640. The van der Waals surface area contributed by atoms with Crippen LogP contribution in [-0.4, -0.2) is 46.7 Å². The molecule has 0 spiro atoms. The van der Waals surface area contributed by atoms with Gasteiger partial charge in [0.2, 0.25) is 5.85 Å². The molecule has 0 radical (unpaired) electrons. The van der Waals surface area contributed by atoms with Gasteiger partial charge in [-0.3, -0.25) is 18.9 Å². The zero-order valence-corrected chi connectivity index (χ0v) is 18.1. The summed E-state index contributed by atoms with van der Waals surface area (Å²) in [5.74, 6) is -2.71. The highest BCUT2D eigenvalue weighted by atomic mass is 32.1. The lowest BCUT2D eigenvalue weighted by Crippen LogP contribution is -2.29. The van der Waals surface area contributed by atoms with Gasteiger partial charge in [0.15, 0.2) is 4.77 Å². The van der Waals surface area contributed by atoms with Crippen molar-refractivity contribution in [2.75, 3.05) is 6.61 Å². The molecule has 2 heterocycles. The fraction of sp³-hybridized carbons (Fsp3) is 0.600. The number of aliphatic hydroxyl groups is 1. The number of H-pyrrole nitrogens is 1. The monoisotopic (exact) mass is 516 g/mol. The van der Waals surface area contributed by atoms with E-state index >= 15 is 0 Å². The molecule has 20 heteroatoms. The molecule has 0 aromatic carbocycles. The van der Waals surface area contributed by atoms with Crippen LogP contribution in [0, 0.1) is 4.77 Å². The third kappa shape index (κ3) is 7.21. The van der Waals surface area contributed by atoms with Crippen LogP contribution in [0.1, 0.15) is 24.6 Å². The van der Waals surface area contributed by atoms with Crippen molar-refractivity contribution in [2.45, 2.75) is 31.5 Å². The average Bonchev–Trinajstić information content (AvgIpc) is 2.93. The van der Waals surface area contributed by atoms with Crippen molar-refractivity contribution >= 4 is 35.7 Å². The maximum Gasteiger partial charge on any atom is 0.490 e. The number of aliphatic hydroxyl groups excluding tert-OH is 1. The summed E-state index contributed by atoms with van der Waals surface area (Å²) in [6.07, 6.45) is -0.432. The fourth-order valence-corrected chi connectivity index (χ4v) is 5.65. The zero-order chi connectivity index (χ0) is 23.0. The van der Waals surface area contributed by atoms with E-state index < -0.39 is 60.7 Å². The van der Waals surface area contributed by atoms with Crippen molar-refractivity contribution < 1.29 is 60.6 Å². The molecule has 1 aromatic rings. The van der Waals surface area contributed by atoms with E-state index in [0.717, 1.165) is 10.8 Å². The number of rotatable bonds is 9. The minimum Gasteiger partial charge on any atom is -0.391 e. The van der Waals surface area contributed by atoms with Gasteiger partial charge in [0, 0.05) is 12.6 Å². The standard InChI is InChI=1S/C10H16FN2O13P3S/c11-10(5-23-28(19,20)26-29(21,22)25-27(16,17)18)2-1-7(24-10)13-3-6(4-14)8(15)12-9(13)30/h3,7,14H,1-2,4-5H2,(H,19,20)(H,21,22)(H,12,15,30)(H2,16,17,18)/t7-,10+/m1/s1. The minimum atomic E-state index is -5.74. The molecule has 2 unspecified atom stereocenters. The summed E-state index contributed by atoms with van der Waals surface area (Å²) in [6, 6.07) is 0. The summed E-state index contributed by atoms with van der Waals surface area (Å²) in [6.45, 7) is -1.93. The summed E-state index contributed by atoms with van der Waals surface area (Å²) in [5, 5.41) is 9.14. The molecule has 0 bridgehead atoms. The number of phosphoric ester groups is 1. The van der Waals surface area contributed by atoms with Gasteiger partial charge in [-0.2, -0.15) is 8.62 Å².